The molecule has 3 rings (SSSR count). The Morgan fingerprint density at radius 2 is 1.91 bits per heavy atom. The Bertz CT molecular complexity index is 1320. The van der Waals surface area contributed by atoms with E-state index in [1.807, 2.05) is 0 Å². The third kappa shape index (κ3) is 4.95. The number of hydrogen-bond acceptors (Lipinski definition) is 6. The molecule has 0 atom stereocenters. The summed E-state index contributed by atoms with van der Waals surface area (Å²) in [6, 6.07) is 12.5. The van der Waals surface area contributed by atoms with Crippen LogP contribution in [0.25, 0.3) is 17.4 Å². The number of halogens is 2. The van der Waals surface area contributed by atoms with Crippen LogP contribution in [0.15, 0.2) is 58.5 Å². The zero-order chi connectivity index (χ0) is 23.4. The second-order valence-corrected chi connectivity index (χ2v) is 7.07. The molecule has 160 valence electrons. The molecule has 0 fully saturated rings. The van der Waals surface area contributed by atoms with E-state index >= 15 is 0 Å². The molecule has 3 aromatic rings. The summed E-state index contributed by atoms with van der Waals surface area (Å²) in [5.41, 5.74) is -0.317. The Morgan fingerprint density at radius 1 is 1.16 bits per heavy atom. The van der Waals surface area contributed by atoms with Crippen LogP contribution in [0.5, 0.6) is 0 Å². The number of nitrogens with zero attached hydrogens (tertiary/aromatic N) is 2. The molecule has 9 nitrogen and oxygen atoms in total. The molecule has 2 N–H and O–H groups in total. The summed E-state index contributed by atoms with van der Waals surface area (Å²) in [6.45, 7) is 0. The number of aromatic carboxylic acids is 1. The zero-order valence-corrected chi connectivity index (χ0v) is 17.3. The van der Waals surface area contributed by atoms with Gasteiger partial charge in [-0.15, -0.1) is 0 Å². The molecule has 1 aromatic heterocycles. The molecule has 0 aliphatic rings. The van der Waals surface area contributed by atoms with Crippen molar-refractivity contribution >= 4 is 52.5 Å². The Balaban J connectivity index is 1.87. The minimum Gasteiger partial charge on any atom is -0.478 e. The highest BCUT2D eigenvalue weighted by Gasteiger charge is 2.19. The van der Waals surface area contributed by atoms with Crippen molar-refractivity contribution < 1.29 is 24.0 Å². The van der Waals surface area contributed by atoms with Crippen LogP contribution in [0, 0.1) is 21.4 Å². The number of rotatable bonds is 6. The minimum absolute atomic E-state index is 0.0325. The Morgan fingerprint density at radius 3 is 2.56 bits per heavy atom. The number of nitro groups is 1. The normalized spacial score (nSPS) is 11.0. The number of carboxylic acid groups (broad SMARTS) is 1. The van der Waals surface area contributed by atoms with E-state index in [0.29, 0.717) is 0 Å². The summed E-state index contributed by atoms with van der Waals surface area (Å²) >= 11 is 11.9. The maximum atomic E-state index is 12.4. The predicted molar refractivity (Wildman–Crippen MR) is 116 cm³/mol. The number of carbonyl (C=O) groups excluding carboxylic acids is 1. The number of furan rings is 1. The second kappa shape index (κ2) is 9.34. The molecular weight excluding hydrogens is 461 g/mol. The van der Waals surface area contributed by atoms with Gasteiger partial charge in [-0.2, -0.15) is 5.26 Å². The summed E-state index contributed by atoms with van der Waals surface area (Å²) in [7, 11) is 0. The molecule has 0 bridgehead atoms. The van der Waals surface area contributed by atoms with Crippen LogP contribution in [0.2, 0.25) is 10.0 Å². The van der Waals surface area contributed by atoms with Gasteiger partial charge < -0.3 is 14.8 Å². The van der Waals surface area contributed by atoms with Gasteiger partial charge in [0.15, 0.2) is 0 Å². The minimum atomic E-state index is -1.17. The highest BCUT2D eigenvalue weighted by Crippen LogP contribution is 2.37. The summed E-state index contributed by atoms with van der Waals surface area (Å²) in [5, 5.41) is 31.9. The lowest BCUT2D eigenvalue weighted by Gasteiger charge is -2.05. The highest BCUT2D eigenvalue weighted by atomic mass is 35.5. The Kier molecular flexibility index (Phi) is 6.59. The van der Waals surface area contributed by atoms with Gasteiger partial charge in [0.1, 0.15) is 28.2 Å². The van der Waals surface area contributed by atoms with E-state index in [-0.39, 0.29) is 49.6 Å². The van der Waals surface area contributed by atoms with Crippen molar-refractivity contribution in [3.8, 4) is 17.4 Å². The van der Waals surface area contributed by atoms with Crippen LogP contribution >= 0.6 is 23.2 Å². The van der Waals surface area contributed by atoms with Gasteiger partial charge in [0.05, 0.1) is 15.5 Å². The highest BCUT2D eigenvalue weighted by molar-refractivity contribution is 6.37. The second-order valence-electron chi connectivity index (χ2n) is 6.25. The Labute approximate surface area is 190 Å². The lowest BCUT2D eigenvalue weighted by atomic mass is 10.1. The summed E-state index contributed by atoms with van der Waals surface area (Å²) in [5.74, 6) is -1.68. The van der Waals surface area contributed by atoms with Gasteiger partial charge in [0.2, 0.25) is 0 Å². The monoisotopic (exact) mass is 471 g/mol. The molecule has 0 aliphatic carbocycles. The third-order valence-corrected chi connectivity index (χ3v) is 4.76. The molecule has 0 aliphatic heterocycles. The number of carbonyl (C=O) groups is 2. The summed E-state index contributed by atoms with van der Waals surface area (Å²) in [4.78, 5) is 33.9. The molecule has 1 amide bonds. The van der Waals surface area contributed by atoms with Gasteiger partial charge in [-0.1, -0.05) is 29.3 Å². The molecule has 0 saturated heterocycles. The van der Waals surface area contributed by atoms with Crippen molar-refractivity contribution in [2.24, 2.45) is 0 Å². The van der Waals surface area contributed by atoms with Gasteiger partial charge >= 0.3 is 5.97 Å². The largest absolute Gasteiger partial charge is 0.478 e. The predicted octanol–water partition coefficient (Wildman–Crippen LogP) is 5.41. The van der Waals surface area contributed by atoms with E-state index in [1.54, 1.807) is 6.07 Å². The van der Waals surface area contributed by atoms with Crippen LogP contribution < -0.4 is 5.32 Å². The molecule has 0 saturated carbocycles. The lowest BCUT2D eigenvalue weighted by molar-refractivity contribution is -0.384. The van der Waals surface area contributed by atoms with Crippen LogP contribution in [0.3, 0.4) is 0 Å². The molecule has 32 heavy (non-hydrogen) atoms. The summed E-state index contributed by atoms with van der Waals surface area (Å²) in [6.07, 6.45) is 1.16. The van der Waals surface area contributed by atoms with Gasteiger partial charge in [0.25, 0.3) is 11.6 Å². The van der Waals surface area contributed by atoms with E-state index in [2.05, 4.69) is 5.32 Å². The first kappa shape index (κ1) is 22.6. The smallest absolute Gasteiger partial charge is 0.335 e. The average molecular weight is 472 g/mol. The molecule has 2 aromatic carbocycles. The number of nitriles is 1. The number of anilines is 1. The van der Waals surface area contributed by atoms with Crippen molar-refractivity contribution in [3.05, 3.63) is 85.6 Å². The summed E-state index contributed by atoms with van der Waals surface area (Å²) < 4.78 is 5.57. The van der Waals surface area contributed by atoms with Crippen molar-refractivity contribution in [3.63, 3.8) is 0 Å². The maximum absolute atomic E-state index is 12.4. The average Bonchev–Trinajstić information content (AvgIpc) is 3.20. The fourth-order valence-electron chi connectivity index (χ4n) is 2.66. The fourth-order valence-corrected chi connectivity index (χ4v) is 3.21. The molecular formula is C21H11Cl2N3O6. The number of amides is 1. The van der Waals surface area contributed by atoms with Crippen molar-refractivity contribution in [2.45, 2.75) is 0 Å². The molecule has 0 spiro atoms. The standard InChI is InChI=1S/C21H11Cl2N3O6/c22-16-9-17(23)18(26(30)31)8-15(16)19-5-4-14(32-19)7-12(10-24)20(27)25-13-3-1-2-11(6-13)21(28)29/h1-9H,(H,25,27)(H,28,29)/b12-7-. The van der Waals surface area contributed by atoms with E-state index in [4.69, 9.17) is 32.7 Å². The topological polar surface area (TPSA) is 146 Å². The molecule has 0 radical (unpaired) electrons. The van der Waals surface area contributed by atoms with Gasteiger partial charge in [0, 0.05) is 23.4 Å². The quantitative estimate of drug-likeness (QED) is 0.211. The maximum Gasteiger partial charge on any atom is 0.335 e. The SMILES string of the molecule is N#C/C(=C/c1ccc(-c2cc([N+](=O)[O-])c(Cl)cc2Cl)o1)C(=O)Nc1cccc(C(=O)O)c1. The van der Waals surface area contributed by atoms with Crippen LogP contribution in [0.4, 0.5) is 11.4 Å². The van der Waals surface area contributed by atoms with Crippen molar-refractivity contribution in [2.75, 3.05) is 5.32 Å². The van der Waals surface area contributed by atoms with Gasteiger partial charge in [-0.25, -0.2) is 4.79 Å². The van der Waals surface area contributed by atoms with Crippen LogP contribution in [0.1, 0.15) is 16.1 Å². The van der Waals surface area contributed by atoms with Crippen LogP contribution in [-0.4, -0.2) is 21.9 Å². The first-order valence-electron chi connectivity index (χ1n) is 8.69. The zero-order valence-electron chi connectivity index (χ0n) is 15.8. The molecule has 11 heteroatoms. The number of nitro benzene ring substituents is 1. The Hall–Kier alpha value is -4.13. The molecule has 1 heterocycles. The van der Waals surface area contributed by atoms with Crippen LogP contribution in [-0.2, 0) is 4.79 Å². The first-order valence-corrected chi connectivity index (χ1v) is 9.45. The number of nitrogens with one attached hydrogen (secondary N) is 1. The van der Waals surface area contributed by atoms with E-state index in [1.165, 1.54) is 42.5 Å². The number of carboxylic acids is 1. The van der Waals surface area contributed by atoms with E-state index in [0.717, 1.165) is 12.1 Å². The van der Waals surface area contributed by atoms with E-state index in [9.17, 15) is 25.0 Å². The number of hydrogen-bond donors (Lipinski definition) is 2. The fraction of sp³-hybridized carbons (Fsp3) is 0. The van der Waals surface area contributed by atoms with Gasteiger partial charge in [-0.05, 0) is 36.4 Å². The number of benzene rings is 2. The first-order chi connectivity index (χ1) is 15.2. The molecule has 0 unspecified atom stereocenters. The van der Waals surface area contributed by atoms with Crippen molar-refractivity contribution in [1.82, 2.24) is 0 Å². The van der Waals surface area contributed by atoms with Gasteiger partial charge in [-0.3, -0.25) is 14.9 Å². The van der Waals surface area contributed by atoms with E-state index < -0.39 is 16.8 Å². The lowest BCUT2D eigenvalue weighted by Crippen LogP contribution is -2.13. The van der Waals surface area contributed by atoms with Crippen molar-refractivity contribution in [1.29, 1.82) is 5.26 Å². The third-order valence-electron chi connectivity index (χ3n) is 4.14.